The first-order chi connectivity index (χ1) is 20.5. The third-order valence-corrected chi connectivity index (χ3v) is 7.86. The number of aliphatic hydroxyl groups excluding tert-OH is 4. The van der Waals surface area contributed by atoms with Gasteiger partial charge in [0.25, 0.3) is 0 Å². The molecule has 5 N–H and O–H groups in total. The Labute approximate surface area is 258 Å². The van der Waals surface area contributed by atoms with Gasteiger partial charge in [0, 0.05) is 6.42 Å². The number of hydrogen-bond acceptors (Lipinski definition) is 5. The molecule has 0 saturated carbocycles. The fraction of sp³-hybridized carbons (Fsp3) is 0.806. The fourth-order valence-electron chi connectivity index (χ4n) is 5.11. The lowest BCUT2D eigenvalue weighted by Gasteiger charge is -2.26. The van der Waals surface area contributed by atoms with Crippen molar-refractivity contribution in [3.8, 4) is 0 Å². The minimum atomic E-state index is -1.17. The Kier molecular flexibility index (Phi) is 29.9. The van der Waals surface area contributed by atoms with E-state index in [1.807, 2.05) is 18.2 Å². The molecule has 42 heavy (non-hydrogen) atoms. The van der Waals surface area contributed by atoms with Crippen LogP contribution in [0.2, 0.25) is 0 Å². The number of rotatable bonds is 30. The van der Waals surface area contributed by atoms with Gasteiger partial charge >= 0.3 is 0 Å². The minimum Gasteiger partial charge on any atom is -0.394 e. The highest BCUT2D eigenvalue weighted by molar-refractivity contribution is 5.76. The van der Waals surface area contributed by atoms with Gasteiger partial charge in [-0.2, -0.15) is 0 Å². The van der Waals surface area contributed by atoms with E-state index < -0.39 is 31.0 Å². The van der Waals surface area contributed by atoms with Gasteiger partial charge in [0.2, 0.25) is 5.91 Å². The van der Waals surface area contributed by atoms with Crippen molar-refractivity contribution < 1.29 is 25.2 Å². The summed E-state index contributed by atoms with van der Waals surface area (Å²) in [6.45, 7) is 3.96. The molecule has 6 heteroatoms. The number of carbonyl (C=O) groups excluding carboxylic acids is 1. The van der Waals surface area contributed by atoms with Gasteiger partial charge in [-0.25, -0.2) is 0 Å². The zero-order valence-electron chi connectivity index (χ0n) is 27.2. The molecule has 0 saturated heterocycles. The molecule has 0 spiro atoms. The van der Waals surface area contributed by atoms with Crippen LogP contribution in [0, 0.1) is 0 Å². The van der Waals surface area contributed by atoms with Crippen LogP contribution in [0.3, 0.4) is 0 Å². The lowest BCUT2D eigenvalue weighted by Crippen LogP contribution is -2.50. The maximum absolute atomic E-state index is 12.3. The predicted octanol–water partition coefficient (Wildman–Crippen LogP) is 7.84. The molecular formula is C36H67NO5. The number of aliphatic hydroxyl groups is 4. The lowest BCUT2D eigenvalue weighted by molar-refractivity contribution is -0.124. The third kappa shape index (κ3) is 26.2. The monoisotopic (exact) mass is 594 g/mol. The van der Waals surface area contributed by atoms with Gasteiger partial charge in [0.15, 0.2) is 0 Å². The highest BCUT2D eigenvalue weighted by Gasteiger charge is 2.26. The second-order valence-electron chi connectivity index (χ2n) is 11.9. The van der Waals surface area contributed by atoms with Gasteiger partial charge in [-0.15, -0.1) is 0 Å². The van der Waals surface area contributed by atoms with Gasteiger partial charge in [0.05, 0.1) is 24.9 Å². The van der Waals surface area contributed by atoms with Crippen LogP contribution in [0.4, 0.5) is 0 Å². The Morgan fingerprint density at radius 3 is 1.79 bits per heavy atom. The first-order valence-electron chi connectivity index (χ1n) is 17.4. The van der Waals surface area contributed by atoms with E-state index in [9.17, 15) is 25.2 Å². The molecule has 0 aliphatic heterocycles. The van der Waals surface area contributed by atoms with E-state index in [1.165, 1.54) is 57.8 Å². The molecule has 1 amide bonds. The number of amides is 1. The molecule has 0 radical (unpaired) electrons. The third-order valence-electron chi connectivity index (χ3n) is 7.86. The summed E-state index contributed by atoms with van der Waals surface area (Å²) in [4.78, 5) is 12.3. The molecule has 246 valence electrons. The molecule has 0 fully saturated rings. The molecule has 0 aromatic rings. The zero-order valence-corrected chi connectivity index (χ0v) is 27.2. The maximum atomic E-state index is 12.3. The first-order valence-corrected chi connectivity index (χ1v) is 17.4. The molecule has 0 bridgehead atoms. The second-order valence-corrected chi connectivity index (χ2v) is 11.9. The average molecular weight is 594 g/mol. The molecule has 0 aromatic heterocycles. The smallest absolute Gasteiger partial charge is 0.220 e. The second kappa shape index (κ2) is 31.0. The van der Waals surface area contributed by atoms with Crippen LogP contribution in [0.1, 0.15) is 155 Å². The van der Waals surface area contributed by atoms with Crippen LogP contribution in [0.5, 0.6) is 0 Å². The van der Waals surface area contributed by atoms with Crippen LogP contribution in [0.25, 0.3) is 0 Å². The summed E-state index contributed by atoms with van der Waals surface area (Å²) in [5, 5.41) is 43.3. The SMILES string of the molecule is CC/C=C/C/C=C/C=C/C(O)CCCCCCCC(=O)N[C@@H](CO)C(O)C(O)CCCCCCCCCCCCCC. The van der Waals surface area contributed by atoms with Crippen molar-refractivity contribution in [2.75, 3.05) is 6.61 Å². The molecule has 4 atom stereocenters. The number of nitrogens with one attached hydrogen (secondary N) is 1. The van der Waals surface area contributed by atoms with Crippen molar-refractivity contribution >= 4 is 5.91 Å². The van der Waals surface area contributed by atoms with E-state index in [-0.39, 0.29) is 5.91 Å². The highest BCUT2D eigenvalue weighted by Crippen LogP contribution is 2.15. The normalized spacial score (nSPS) is 15.1. The van der Waals surface area contributed by atoms with Gasteiger partial charge in [-0.05, 0) is 32.1 Å². The van der Waals surface area contributed by atoms with Crippen molar-refractivity contribution in [3.05, 3.63) is 36.5 Å². The van der Waals surface area contributed by atoms with E-state index in [0.29, 0.717) is 12.8 Å². The number of carbonyl (C=O) groups is 1. The van der Waals surface area contributed by atoms with Crippen molar-refractivity contribution in [2.24, 2.45) is 0 Å². The van der Waals surface area contributed by atoms with E-state index in [2.05, 4.69) is 37.4 Å². The Hall–Kier alpha value is -1.47. The van der Waals surface area contributed by atoms with Crippen LogP contribution >= 0.6 is 0 Å². The van der Waals surface area contributed by atoms with Gasteiger partial charge in [-0.1, -0.05) is 153 Å². The molecule has 0 heterocycles. The molecule has 6 nitrogen and oxygen atoms in total. The van der Waals surface area contributed by atoms with Gasteiger partial charge in [-0.3, -0.25) is 4.79 Å². The Morgan fingerprint density at radius 2 is 1.21 bits per heavy atom. The molecule has 3 unspecified atom stereocenters. The van der Waals surface area contributed by atoms with Crippen molar-refractivity contribution in [1.29, 1.82) is 0 Å². The van der Waals surface area contributed by atoms with Crippen molar-refractivity contribution in [2.45, 2.75) is 179 Å². The Balaban J connectivity index is 3.84. The summed E-state index contributed by atoms with van der Waals surface area (Å²) in [5.74, 6) is -0.204. The van der Waals surface area contributed by atoms with Gasteiger partial charge in [0.1, 0.15) is 6.10 Å². The summed E-state index contributed by atoms with van der Waals surface area (Å²) in [5.41, 5.74) is 0. The van der Waals surface area contributed by atoms with Crippen molar-refractivity contribution in [3.63, 3.8) is 0 Å². The zero-order chi connectivity index (χ0) is 31.1. The lowest BCUT2D eigenvalue weighted by atomic mass is 9.99. The summed E-state index contributed by atoms with van der Waals surface area (Å²) in [6.07, 6.45) is 32.5. The van der Waals surface area contributed by atoms with E-state index in [1.54, 1.807) is 0 Å². The van der Waals surface area contributed by atoms with Crippen LogP contribution in [-0.2, 0) is 4.79 Å². The van der Waals surface area contributed by atoms with Crippen LogP contribution in [-0.4, -0.2) is 57.3 Å². The van der Waals surface area contributed by atoms with Crippen LogP contribution < -0.4 is 5.32 Å². The van der Waals surface area contributed by atoms with E-state index in [4.69, 9.17) is 0 Å². The molecule has 0 aliphatic rings. The summed E-state index contributed by atoms with van der Waals surface area (Å²) >= 11 is 0. The Bertz CT molecular complexity index is 678. The molecule has 0 aromatic carbocycles. The number of hydrogen-bond donors (Lipinski definition) is 5. The predicted molar refractivity (Wildman–Crippen MR) is 177 cm³/mol. The minimum absolute atomic E-state index is 0.204. The molecule has 0 rings (SSSR count). The Morgan fingerprint density at radius 1 is 0.667 bits per heavy atom. The van der Waals surface area contributed by atoms with Crippen LogP contribution in [0.15, 0.2) is 36.5 Å². The van der Waals surface area contributed by atoms with Gasteiger partial charge < -0.3 is 25.7 Å². The van der Waals surface area contributed by atoms with E-state index in [0.717, 1.165) is 70.6 Å². The molecular weight excluding hydrogens is 526 g/mol. The average Bonchev–Trinajstić information content (AvgIpc) is 2.98. The highest BCUT2D eigenvalue weighted by atomic mass is 16.3. The number of unbranched alkanes of at least 4 members (excludes halogenated alkanes) is 15. The fourth-order valence-corrected chi connectivity index (χ4v) is 5.11. The quantitative estimate of drug-likeness (QED) is 0.0331. The largest absolute Gasteiger partial charge is 0.394 e. The standard InChI is InChI=1S/C36H67NO5/c1-3-5-7-9-11-12-13-14-15-17-21-25-29-34(40)36(42)33(31-38)37-35(41)30-26-22-18-20-24-28-32(39)27-23-19-16-10-8-6-4-2/h6,8,16,19,23,27,32-34,36,38-40,42H,3-5,7,9-15,17-18,20-22,24-26,28-31H2,1-2H3,(H,37,41)/b8-6+,19-16+,27-23+/t32?,33-,34?,36?/m0/s1. The van der Waals surface area contributed by atoms with E-state index >= 15 is 0 Å². The molecule has 0 aliphatic carbocycles. The summed E-state index contributed by atoms with van der Waals surface area (Å²) < 4.78 is 0. The summed E-state index contributed by atoms with van der Waals surface area (Å²) in [6, 6.07) is -0.845. The topological polar surface area (TPSA) is 110 Å². The first kappa shape index (κ1) is 40.5. The number of allylic oxidation sites excluding steroid dienone is 5. The van der Waals surface area contributed by atoms with Crippen molar-refractivity contribution in [1.82, 2.24) is 5.32 Å². The summed E-state index contributed by atoms with van der Waals surface area (Å²) in [7, 11) is 0. The maximum Gasteiger partial charge on any atom is 0.220 e.